The molecule has 1 aliphatic rings. The van der Waals surface area contributed by atoms with Gasteiger partial charge in [0.1, 0.15) is 5.92 Å². The second-order valence-corrected chi connectivity index (χ2v) is 5.03. The van der Waals surface area contributed by atoms with E-state index in [-0.39, 0.29) is 6.54 Å². The summed E-state index contributed by atoms with van der Waals surface area (Å²) in [5, 5.41) is 18.8. The van der Waals surface area contributed by atoms with Crippen LogP contribution in [0.4, 0.5) is 13.2 Å². The van der Waals surface area contributed by atoms with Crippen molar-refractivity contribution in [2.45, 2.75) is 31.3 Å². The van der Waals surface area contributed by atoms with Gasteiger partial charge >= 0.3 is 6.18 Å². The highest BCUT2D eigenvalue weighted by molar-refractivity contribution is 5.90. The number of carbonyl (C=O) groups is 1. The van der Waals surface area contributed by atoms with Crippen molar-refractivity contribution in [1.29, 1.82) is 5.26 Å². The highest BCUT2D eigenvalue weighted by Crippen LogP contribution is 2.45. The average Bonchev–Trinajstić information content (AvgIpc) is 2.61. The summed E-state index contributed by atoms with van der Waals surface area (Å²) in [7, 11) is 0. The van der Waals surface area contributed by atoms with E-state index >= 15 is 0 Å². The quantitative estimate of drug-likeness (QED) is 0.906. The second-order valence-electron chi connectivity index (χ2n) is 5.03. The lowest BCUT2D eigenvalue weighted by Gasteiger charge is -2.26. The molecule has 2 rings (SSSR count). The van der Waals surface area contributed by atoms with Crippen molar-refractivity contribution < 1.29 is 23.1 Å². The Balaban J connectivity index is 2.38. The van der Waals surface area contributed by atoms with Crippen LogP contribution < -0.4 is 0 Å². The fourth-order valence-electron chi connectivity index (χ4n) is 2.56. The molecule has 3 unspecified atom stereocenters. The van der Waals surface area contributed by atoms with Gasteiger partial charge in [-0.25, -0.2) is 0 Å². The normalized spacial score (nSPS) is 29.5. The third kappa shape index (κ3) is 2.25. The molecule has 1 amide bonds. The van der Waals surface area contributed by atoms with Gasteiger partial charge in [0.15, 0.2) is 0 Å². The van der Waals surface area contributed by atoms with E-state index in [1.165, 1.54) is 13.0 Å². The summed E-state index contributed by atoms with van der Waals surface area (Å²) in [5.74, 6) is -3.33. The summed E-state index contributed by atoms with van der Waals surface area (Å²) < 4.78 is 39.2. The number of alkyl halides is 3. The first kappa shape index (κ1) is 15.3. The van der Waals surface area contributed by atoms with Gasteiger partial charge in [-0.1, -0.05) is 30.3 Å². The number of rotatable bonds is 2. The molecule has 0 aromatic heterocycles. The molecule has 112 valence electrons. The van der Waals surface area contributed by atoms with Crippen LogP contribution >= 0.6 is 0 Å². The number of likely N-dealkylation sites (tertiary alicyclic amines) is 1. The van der Waals surface area contributed by atoms with E-state index in [1.54, 1.807) is 30.3 Å². The lowest BCUT2D eigenvalue weighted by atomic mass is 9.87. The van der Waals surface area contributed by atoms with Gasteiger partial charge in [-0.3, -0.25) is 4.79 Å². The minimum Gasteiger partial charge on any atom is -0.372 e. The Bertz CT molecular complexity index is 582. The predicted molar refractivity (Wildman–Crippen MR) is 66.6 cm³/mol. The number of nitrogens with zero attached hydrogens (tertiary/aromatic N) is 2. The van der Waals surface area contributed by atoms with Gasteiger partial charge in [-0.2, -0.15) is 18.4 Å². The Morgan fingerprint density at radius 1 is 1.38 bits per heavy atom. The summed E-state index contributed by atoms with van der Waals surface area (Å²) in [5.41, 5.74) is -3.02. The zero-order valence-corrected chi connectivity index (χ0v) is 11.1. The number of hydrogen-bond acceptors (Lipinski definition) is 3. The van der Waals surface area contributed by atoms with Gasteiger partial charge in [-0.05, 0) is 12.5 Å². The predicted octanol–water partition coefficient (Wildman–Crippen LogP) is 1.85. The summed E-state index contributed by atoms with van der Waals surface area (Å²) in [6.07, 6.45) is -5.19. The number of aliphatic hydroxyl groups is 1. The Labute approximate surface area is 119 Å². The van der Waals surface area contributed by atoms with Crippen molar-refractivity contribution in [3.63, 3.8) is 0 Å². The molecule has 0 saturated carbocycles. The first-order valence-corrected chi connectivity index (χ1v) is 6.27. The average molecular weight is 298 g/mol. The molecule has 0 aliphatic carbocycles. The Morgan fingerprint density at radius 3 is 2.38 bits per heavy atom. The van der Waals surface area contributed by atoms with Crippen LogP contribution in [0.3, 0.4) is 0 Å². The summed E-state index contributed by atoms with van der Waals surface area (Å²) in [6, 6.07) is 8.83. The molecule has 0 radical (unpaired) electrons. The summed E-state index contributed by atoms with van der Waals surface area (Å²) in [6.45, 7) is 1.25. The van der Waals surface area contributed by atoms with Gasteiger partial charge < -0.3 is 10.0 Å². The van der Waals surface area contributed by atoms with Gasteiger partial charge in [0.05, 0.1) is 6.07 Å². The van der Waals surface area contributed by atoms with Gasteiger partial charge in [-0.15, -0.1) is 0 Å². The minimum absolute atomic E-state index is 0.0859. The summed E-state index contributed by atoms with van der Waals surface area (Å²) in [4.78, 5) is 13.0. The van der Waals surface area contributed by atoms with E-state index in [0.29, 0.717) is 5.56 Å². The molecule has 1 N–H and O–H groups in total. The van der Waals surface area contributed by atoms with Crippen LogP contribution in [0.1, 0.15) is 12.5 Å². The van der Waals surface area contributed by atoms with Crippen LogP contribution in [-0.2, 0) is 11.3 Å². The van der Waals surface area contributed by atoms with Crippen molar-refractivity contribution in [3.8, 4) is 6.07 Å². The lowest BCUT2D eigenvalue weighted by molar-refractivity contribution is -0.256. The smallest absolute Gasteiger partial charge is 0.372 e. The molecule has 1 aliphatic heterocycles. The molecule has 1 heterocycles. The maximum atomic E-state index is 13.1. The molecule has 1 aromatic rings. The first-order valence-electron chi connectivity index (χ1n) is 6.27. The number of halogens is 3. The molecule has 1 fully saturated rings. The third-order valence-electron chi connectivity index (χ3n) is 3.78. The van der Waals surface area contributed by atoms with Crippen molar-refractivity contribution in [3.05, 3.63) is 35.9 Å². The van der Waals surface area contributed by atoms with E-state index < -0.39 is 29.6 Å². The number of benzene rings is 1. The molecule has 1 saturated heterocycles. The number of amides is 1. The molecule has 7 heteroatoms. The largest absolute Gasteiger partial charge is 0.427 e. The summed E-state index contributed by atoms with van der Waals surface area (Å²) >= 11 is 0. The molecule has 3 atom stereocenters. The van der Waals surface area contributed by atoms with E-state index in [1.807, 2.05) is 0 Å². The molecule has 1 aromatic carbocycles. The van der Waals surface area contributed by atoms with Crippen LogP contribution in [-0.4, -0.2) is 33.7 Å². The van der Waals surface area contributed by atoms with Crippen molar-refractivity contribution >= 4 is 5.91 Å². The highest BCUT2D eigenvalue weighted by atomic mass is 19.4. The first-order chi connectivity index (χ1) is 9.73. The fraction of sp³-hybridized carbons (Fsp3) is 0.429. The molecular weight excluding hydrogens is 285 g/mol. The maximum Gasteiger partial charge on any atom is 0.427 e. The highest BCUT2D eigenvalue weighted by Gasteiger charge is 2.71. The zero-order chi connectivity index (χ0) is 15.8. The van der Waals surface area contributed by atoms with Crippen molar-refractivity contribution in [1.82, 2.24) is 4.90 Å². The van der Waals surface area contributed by atoms with E-state index in [0.717, 1.165) is 4.90 Å². The molecule has 0 bridgehead atoms. The Morgan fingerprint density at radius 2 is 1.95 bits per heavy atom. The van der Waals surface area contributed by atoms with Crippen LogP contribution in [0, 0.1) is 17.2 Å². The standard InChI is InChI=1S/C14H13F3N2O2/c1-9-11(7-18)13(21,14(15,16)17)12(20)19(9)8-10-5-3-2-4-6-10/h2-6,9,11,21H,8H2,1H3. The number of nitriles is 1. The maximum absolute atomic E-state index is 13.1. The molecular formula is C14H13F3N2O2. The Hall–Kier alpha value is -2.07. The van der Waals surface area contributed by atoms with Gasteiger partial charge in [0.25, 0.3) is 11.5 Å². The fourth-order valence-corrected chi connectivity index (χ4v) is 2.56. The minimum atomic E-state index is -5.19. The third-order valence-corrected chi connectivity index (χ3v) is 3.78. The van der Waals surface area contributed by atoms with Crippen LogP contribution in [0.5, 0.6) is 0 Å². The van der Waals surface area contributed by atoms with Gasteiger partial charge in [0, 0.05) is 12.6 Å². The SMILES string of the molecule is CC1C(C#N)C(O)(C(F)(F)F)C(=O)N1Cc1ccccc1. The topological polar surface area (TPSA) is 64.3 Å². The van der Waals surface area contributed by atoms with Crippen LogP contribution in [0.2, 0.25) is 0 Å². The molecule has 21 heavy (non-hydrogen) atoms. The zero-order valence-electron chi connectivity index (χ0n) is 11.1. The number of carbonyl (C=O) groups excluding carboxylic acids is 1. The second kappa shape index (κ2) is 5.04. The van der Waals surface area contributed by atoms with E-state index in [9.17, 15) is 23.1 Å². The van der Waals surface area contributed by atoms with Crippen molar-refractivity contribution in [2.75, 3.05) is 0 Å². The van der Waals surface area contributed by atoms with Crippen LogP contribution in [0.15, 0.2) is 30.3 Å². The molecule has 4 nitrogen and oxygen atoms in total. The van der Waals surface area contributed by atoms with E-state index in [2.05, 4.69) is 0 Å². The van der Waals surface area contributed by atoms with Crippen molar-refractivity contribution in [2.24, 2.45) is 5.92 Å². The monoisotopic (exact) mass is 298 g/mol. The molecule has 0 spiro atoms. The van der Waals surface area contributed by atoms with E-state index in [4.69, 9.17) is 5.26 Å². The van der Waals surface area contributed by atoms with Crippen LogP contribution in [0.25, 0.3) is 0 Å². The van der Waals surface area contributed by atoms with Gasteiger partial charge in [0.2, 0.25) is 0 Å². The number of hydrogen-bond donors (Lipinski definition) is 1. The Kier molecular flexibility index (Phi) is 3.68. The lowest BCUT2D eigenvalue weighted by Crippen LogP contribution is -2.55.